The van der Waals surface area contributed by atoms with Gasteiger partial charge in [0.1, 0.15) is 12.4 Å². The topological polar surface area (TPSA) is 55.6 Å². The Morgan fingerprint density at radius 1 is 1.28 bits per heavy atom. The van der Waals surface area contributed by atoms with Crippen LogP contribution in [0.25, 0.3) is 0 Å². The number of hydrogen-bond donors (Lipinski definition) is 1. The molecule has 4 nitrogen and oxygen atoms in total. The van der Waals surface area contributed by atoms with Crippen LogP contribution in [0.2, 0.25) is 0 Å². The second-order valence-electron chi connectivity index (χ2n) is 4.50. The third-order valence-electron chi connectivity index (χ3n) is 3.23. The third-order valence-corrected chi connectivity index (χ3v) is 3.23. The quantitative estimate of drug-likeness (QED) is 0.860. The largest absolute Gasteiger partial charge is 0.491 e. The molecule has 2 N–H and O–H groups in total. The summed E-state index contributed by atoms with van der Waals surface area (Å²) in [6.45, 7) is 2.53. The van der Waals surface area contributed by atoms with Crippen molar-refractivity contribution in [3.05, 3.63) is 29.8 Å². The molecule has 1 aromatic rings. The lowest BCUT2D eigenvalue weighted by Crippen LogP contribution is -2.38. The highest BCUT2D eigenvalue weighted by Gasteiger charge is 2.17. The van der Waals surface area contributed by atoms with E-state index in [4.69, 9.17) is 10.5 Å². The van der Waals surface area contributed by atoms with Gasteiger partial charge in [0.15, 0.2) is 0 Å². The van der Waals surface area contributed by atoms with Crippen molar-refractivity contribution in [3.63, 3.8) is 0 Å². The molecule has 0 saturated carbocycles. The fraction of sp³-hybridized carbons (Fsp3) is 0.500. The third kappa shape index (κ3) is 3.23. The van der Waals surface area contributed by atoms with E-state index in [2.05, 4.69) is 0 Å². The van der Waals surface area contributed by atoms with Gasteiger partial charge in [0.2, 0.25) is 5.91 Å². The van der Waals surface area contributed by atoms with Crippen molar-refractivity contribution in [1.29, 1.82) is 0 Å². The van der Waals surface area contributed by atoms with E-state index >= 15 is 0 Å². The van der Waals surface area contributed by atoms with Gasteiger partial charge in [0.25, 0.3) is 0 Å². The molecular weight excluding hydrogens is 228 g/mol. The summed E-state index contributed by atoms with van der Waals surface area (Å²) in [7, 11) is 0. The fourth-order valence-electron chi connectivity index (χ4n) is 2.18. The van der Waals surface area contributed by atoms with E-state index < -0.39 is 0 Å². The van der Waals surface area contributed by atoms with E-state index in [9.17, 15) is 4.79 Å². The van der Waals surface area contributed by atoms with Crippen LogP contribution in [0.4, 0.5) is 0 Å². The number of likely N-dealkylation sites (tertiary alicyclic amines) is 1. The summed E-state index contributed by atoms with van der Waals surface area (Å²) in [4.78, 5) is 13.5. The molecule has 18 heavy (non-hydrogen) atoms. The molecule has 4 heteroatoms. The van der Waals surface area contributed by atoms with Crippen LogP contribution in [0.15, 0.2) is 24.3 Å². The lowest BCUT2D eigenvalue weighted by atomic mass is 10.1. The highest BCUT2D eigenvalue weighted by Crippen LogP contribution is 2.17. The number of carbonyl (C=O) groups is 1. The minimum absolute atomic E-state index is 0.247. The average molecular weight is 248 g/mol. The maximum atomic E-state index is 11.6. The van der Waals surface area contributed by atoms with Gasteiger partial charge in [-0.05, 0) is 18.9 Å². The summed E-state index contributed by atoms with van der Waals surface area (Å²) in [6, 6.07) is 7.76. The summed E-state index contributed by atoms with van der Waals surface area (Å²) in [5.41, 5.74) is 6.64. The van der Waals surface area contributed by atoms with Crippen LogP contribution in [-0.4, -0.2) is 30.5 Å². The highest BCUT2D eigenvalue weighted by molar-refractivity contribution is 5.76. The van der Waals surface area contributed by atoms with Crippen LogP contribution in [0, 0.1) is 0 Å². The Bertz CT molecular complexity index is 407. The monoisotopic (exact) mass is 248 g/mol. The Morgan fingerprint density at radius 3 is 2.89 bits per heavy atom. The zero-order valence-corrected chi connectivity index (χ0v) is 10.6. The Balaban J connectivity index is 1.82. The van der Waals surface area contributed by atoms with Crippen molar-refractivity contribution in [2.75, 3.05) is 19.7 Å². The van der Waals surface area contributed by atoms with Crippen molar-refractivity contribution in [2.45, 2.75) is 25.8 Å². The number of para-hydroxylation sites is 1. The number of benzene rings is 1. The fourth-order valence-corrected chi connectivity index (χ4v) is 2.18. The molecule has 0 bridgehead atoms. The van der Waals surface area contributed by atoms with Crippen molar-refractivity contribution in [2.24, 2.45) is 5.73 Å². The lowest BCUT2D eigenvalue weighted by Gasteiger charge is -2.26. The second-order valence-corrected chi connectivity index (χ2v) is 4.50. The predicted molar refractivity (Wildman–Crippen MR) is 70.3 cm³/mol. The van der Waals surface area contributed by atoms with Gasteiger partial charge in [-0.2, -0.15) is 0 Å². The molecule has 98 valence electrons. The molecule has 1 aromatic carbocycles. The molecule has 1 amide bonds. The van der Waals surface area contributed by atoms with Crippen LogP contribution in [0.5, 0.6) is 5.75 Å². The maximum absolute atomic E-state index is 11.6. The number of nitrogens with zero attached hydrogens (tertiary/aromatic N) is 1. The van der Waals surface area contributed by atoms with Gasteiger partial charge in [-0.3, -0.25) is 4.79 Å². The molecule has 1 saturated heterocycles. The van der Waals surface area contributed by atoms with E-state index in [0.29, 0.717) is 26.1 Å². The molecule has 0 radical (unpaired) electrons. The molecular formula is C14H20N2O2. The first-order chi connectivity index (χ1) is 8.81. The molecule has 0 aliphatic carbocycles. The van der Waals surface area contributed by atoms with Crippen LogP contribution >= 0.6 is 0 Å². The average Bonchev–Trinajstić information content (AvgIpc) is 2.41. The van der Waals surface area contributed by atoms with Crippen molar-refractivity contribution < 1.29 is 9.53 Å². The van der Waals surface area contributed by atoms with Gasteiger partial charge in [0, 0.05) is 25.1 Å². The van der Waals surface area contributed by atoms with E-state index in [1.54, 1.807) is 0 Å². The Labute approximate surface area is 108 Å². The van der Waals surface area contributed by atoms with Crippen LogP contribution in [0.1, 0.15) is 24.8 Å². The summed E-state index contributed by atoms with van der Waals surface area (Å²) in [5, 5.41) is 0. The van der Waals surface area contributed by atoms with Crippen LogP contribution < -0.4 is 10.5 Å². The number of ether oxygens (including phenoxy) is 1. The van der Waals surface area contributed by atoms with Crippen LogP contribution in [0.3, 0.4) is 0 Å². The van der Waals surface area contributed by atoms with Crippen molar-refractivity contribution in [1.82, 2.24) is 4.90 Å². The van der Waals surface area contributed by atoms with Gasteiger partial charge < -0.3 is 15.4 Å². The normalized spacial score (nSPS) is 15.8. The Hall–Kier alpha value is -1.55. The molecule has 2 rings (SSSR count). The molecule has 1 aliphatic rings. The van der Waals surface area contributed by atoms with Gasteiger partial charge >= 0.3 is 0 Å². The second kappa shape index (κ2) is 6.40. The van der Waals surface area contributed by atoms with E-state index in [1.165, 1.54) is 0 Å². The summed E-state index contributed by atoms with van der Waals surface area (Å²) in [6.07, 6.45) is 2.80. The molecule has 1 fully saturated rings. The van der Waals surface area contributed by atoms with Gasteiger partial charge in [-0.25, -0.2) is 0 Å². The molecule has 0 atom stereocenters. The number of rotatable bonds is 5. The predicted octanol–water partition coefficient (Wildman–Crippen LogP) is 1.54. The Morgan fingerprint density at radius 2 is 2.11 bits per heavy atom. The zero-order valence-electron chi connectivity index (χ0n) is 10.6. The van der Waals surface area contributed by atoms with E-state index in [0.717, 1.165) is 30.7 Å². The minimum Gasteiger partial charge on any atom is -0.491 e. The van der Waals surface area contributed by atoms with Gasteiger partial charge in [-0.1, -0.05) is 18.2 Å². The maximum Gasteiger partial charge on any atom is 0.222 e. The minimum atomic E-state index is 0.247. The summed E-state index contributed by atoms with van der Waals surface area (Å²) >= 11 is 0. The van der Waals surface area contributed by atoms with E-state index in [1.807, 2.05) is 29.2 Å². The Kier molecular flexibility index (Phi) is 4.59. The molecule has 0 aromatic heterocycles. The molecule has 1 aliphatic heterocycles. The molecule has 1 heterocycles. The smallest absolute Gasteiger partial charge is 0.222 e. The number of hydrogen-bond acceptors (Lipinski definition) is 3. The van der Waals surface area contributed by atoms with Gasteiger partial charge in [-0.15, -0.1) is 0 Å². The highest BCUT2D eigenvalue weighted by atomic mass is 16.5. The standard InChI is InChI=1S/C14H20N2O2/c15-11-12-5-1-2-6-13(12)18-10-9-16-8-4-3-7-14(16)17/h1-2,5-6H,3-4,7-11,15H2. The van der Waals surface area contributed by atoms with Gasteiger partial charge in [0.05, 0.1) is 6.54 Å². The number of carbonyl (C=O) groups excluding carboxylic acids is 1. The lowest BCUT2D eigenvalue weighted by molar-refractivity contribution is -0.133. The number of piperidine rings is 1. The SMILES string of the molecule is NCc1ccccc1OCCN1CCCCC1=O. The first-order valence-electron chi connectivity index (χ1n) is 6.50. The van der Waals surface area contributed by atoms with Crippen molar-refractivity contribution in [3.8, 4) is 5.75 Å². The first kappa shape index (κ1) is 12.9. The van der Waals surface area contributed by atoms with E-state index in [-0.39, 0.29) is 5.91 Å². The molecule has 0 unspecified atom stereocenters. The zero-order chi connectivity index (χ0) is 12.8. The molecule has 0 spiro atoms. The summed E-state index contributed by atoms with van der Waals surface area (Å²) in [5.74, 6) is 1.07. The van der Waals surface area contributed by atoms with Crippen LogP contribution in [-0.2, 0) is 11.3 Å². The first-order valence-corrected chi connectivity index (χ1v) is 6.50. The summed E-state index contributed by atoms with van der Waals surface area (Å²) < 4.78 is 5.71. The number of amides is 1. The van der Waals surface area contributed by atoms with Crippen molar-refractivity contribution >= 4 is 5.91 Å². The number of nitrogens with two attached hydrogens (primary N) is 1.